The van der Waals surface area contributed by atoms with Gasteiger partial charge in [-0.25, -0.2) is 0 Å². The Labute approximate surface area is 139 Å². The summed E-state index contributed by atoms with van der Waals surface area (Å²) in [5, 5.41) is 5.25. The van der Waals surface area contributed by atoms with Crippen LogP contribution in [0, 0.1) is 0 Å². The highest BCUT2D eigenvalue weighted by molar-refractivity contribution is 6.08. The van der Waals surface area contributed by atoms with E-state index >= 15 is 0 Å². The zero-order valence-electron chi connectivity index (χ0n) is 13.5. The Balaban J connectivity index is 1.86. The van der Waals surface area contributed by atoms with Gasteiger partial charge in [0.15, 0.2) is 5.78 Å². The van der Waals surface area contributed by atoms with Crippen molar-refractivity contribution >= 4 is 29.0 Å². The largest absolute Gasteiger partial charge is 0.497 e. The SMILES string of the molecule is COc1ccc(NC(=O)CC(=O)Nc2ccc(C(C)=O)cc2)cc1. The highest BCUT2D eigenvalue weighted by atomic mass is 16.5. The lowest BCUT2D eigenvalue weighted by Crippen LogP contribution is -2.21. The predicted octanol–water partition coefficient (Wildman–Crippen LogP) is 2.87. The Morgan fingerprint density at radius 1 is 0.833 bits per heavy atom. The Hall–Kier alpha value is -3.15. The number of hydrogen-bond acceptors (Lipinski definition) is 4. The summed E-state index contributed by atoms with van der Waals surface area (Å²) in [5.74, 6) is -0.221. The van der Waals surface area contributed by atoms with E-state index < -0.39 is 11.8 Å². The molecule has 2 aromatic carbocycles. The number of nitrogens with one attached hydrogen (secondary N) is 2. The number of ketones is 1. The minimum absolute atomic E-state index is 0.0493. The average Bonchev–Trinajstić information content (AvgIpc) is 2.55. The van der Waals surface area contributed by atoms with Gasteiger partial charge in [0, 0.05) is 16.9 Å². The second-order valence-corrected chi connectivity index (χ2v) is 5.14. The van der Waals surface area contributed by atoms with Crippen LogP contribution in [0.2, 0.25) is 0 Å². The molecule has 0 aromatic heterocycles. The molecular weight excluding hydrogens is 308 g/mol. The standard InChI is InChI=1S/C18H18N2O4/c1-12(21)13-3-5-14(6-4-13)19-17(22)11-18(23)20-15-7-9-16(24-2)10-8-15/h3-10H,11H2,1-2H3,(H,19,22)(H,20,23). The van der Waals surface area contributed by atoms with E-state index in [1.807, 2.05) is 0 Å². The monoisotopic (exact) mass is 326 g/mol. The number of carbonyl (C=O) groups is 3. The van der Waals surface area contributed by atoms with Crippen molar-refractivity contribution in [3.63, 3.8) is 0 Å². The molecule has 0 radical (unpaired) electrons. The van der Waals surface area contributed by atoms with E-state index in [1.165, 1.54) is 6.92 Å². The summed E-state index contributed by atoms with van der Waals surface area (Å²) in [6, 6.07) is 13.3. The fourth-order valence-electron chi connectivity index (χ4n) is 2.02. The van der Waals surface area contributed by atoms with E-state index in [2.05, 4.69) is 10.6 Å². The molecule has 124 valence electrons. The number of carbonyl (C=O) groups excluding carboxylic acids is 3. The highest BCUT2D eigenvalue weighted by Gasteiger charge is 2.10. The van der Waals surface area contributed by atoms with Crippen LogP contribution in [-0.2, 0) is 9.59 Å². The molecular formula is C18H18N2O4. The van der Waals surface area contributed by atoms with E-state index in [1.54, 1.807) is 55.6 Å². The Morgan fingerprint density at radius 2 is 1.29 bits per heavy atom. The van der Waals surface area contributed by atoms with Gasteiger partial charge in [-0.2, -0.15) is 0 Å². The highest BCUT2D eigenvalue weighted by Crippen LogP contribution is 2.15. The molecule has 6 nitrogen and oxygen atoms in total. The summed E-state index contributed by atoms with van der Waals surface area (Å²) >= 11 is 0. The van der Waals surface area contributed by atoms with Crippen LogP contribution < -0.4 is 15.4 Å². The molecule has 0 bridgehead atoms. The van der Waals surface area contributed by atoms with Crippen molar-refractivity contribution in [2.45, 2.75) is 13.3 Å². The number of methoxy groups -OCH3 is 1. The third kappa shape index (κ3) is 4.95. The Kier molecular flexibility index (Phi) is 5.68. The van der Waals surface area contributed by atoms with Crippen molar-refractivity contribution < 1.29 is 19.1 Å². The fourth-order valence-corrected chi connectivity index (χ4v) is 2.02. The van der Waals surface area contributed by atoms with Crippen LogP contribution in [0.3, 0.4) is 0 Å². The second kappa shape index (κ2) is 7.92. The van der Waals surface area contributed by atoms with Crippen LogP contribution in [-0.4, -0.2) is 24.7 Å². The normalized spacial score (nSPS) is 9.92. The lowest BCUT2D eigenvalue weighted by atomic mass is 10.1. The van der Waals surface area contributed by atoms with Crippen molar-refractivity contribution in [1.82, 2.24) is 0 Å². The van der Waals surface area contributed by atoms with Gasteiger partial charge >= 0.3 is 0 Å². The molecule has 0 saturated carbocycles. The third-order valence-electron chi connectivity index (χ3n) is 3.27. The topological polar surface area (TPSA) is 84.5 Å². The molecule has 2 N–H and O–H groups in total. The van der Waals surface area contributed by atoms with Crippen LogP contribution in [0.25, 0.3) is 0 Å². The van der Waals surface area contributed by atoms with Gasteiger partial charge in [-0.3, -0.25) is 14.4 Å². The first-order chi connectivity index (χ1) is 11.5. The molecule has 24 heavy (non-hydrogen) atoms. The fraction of sp³-hybridized carbons (Fsp3) is 0.167. The third-order valence-corrected chi connectivity index (χ3v) is 3.27. The van der Waals surface area contributed by atoms with Crippen LogP contribution in [0.4, 0.5) is 11.4 Å². The second-order valence-electron chi connectivity index (χ2n) is 5.14. The van der Waals surface area contributed by atoms with Gasteiger partial charge in [0.25, 0.3) is 0 Å². The van der Waals surface area contributed by atoms with Crippen molar-refractivity contribution in [3.05, 3.63) is 54.1 Å². The molecule has 0 aliphatic rings. The average molecular weight is 326 g/mol. The molecule has 0 atom stereocenters. The number of rotatable bonds is 6. The van der Waals surface area contributed by atoms with E-state index in [0.29, 0.717) is 22.7 Å². The summed E-state index contributed by atoms with van der Waals surface area (Å²) in [5.41, 5.74) is 1.67. The molecule has 0 spiro atoms. The first kappa shape index (κ1) is 17.2. The minimum atomic E-state index is -0.434. The summed E-state index contributed by atoms with van der Waals surface area (Å²) in [6.45, 7) is 1.47. The van der Waals surface area contributed by atoms with Gasteiger partial charge in [-0.15, -0.1) is 0 Å². The lowest BCUT2D eigenvalue weighted by Gasteiger charge is -2.07. The molecule has 0 saturated heterocycles. The maximum absolute atomic E-state index is 11.9. The predicted molar refractivity (Wildman–Crippen MR) is 91.3 cm³/mol. The maximum Gasteiger partial charge on any atom is 0.233 e. The molecule has 2 rings (SSSR count). The van der Waals surface area contributed by atoms with Crippen molar-refractivity contribution in [2.75, 3.05) is 17.7 Å². The van der Waals surface area contributed by atoms with Gasteiger partial charge < -0.3 is 15.4 Å². The van der Waals surface area contributed by atoms with Crippen LogP contribution in [0.1, 0.15) is 23.7 Å². The molecule has 0 aliphatic heterocycles. The van der Waals surface area contributed by atoms with E-state index in [0.717, 1.165) is 0 Å². The zero-order valence-corrected chi connectivity index (χ0v) is 13.5. The Bertz CT molecular complexity index is 737. The number of amides is 2. The minimum Gasteiger partial charge on any atom is -0.497 e. The first-order valence-electron chi connectivity index (χ1n) is 7.32. The quantitative estimate of drug-likeness (QED) is 0.631. The molecule has 0 unspecified atom stereocenters. The van der Waals surface area contributed by atoms with Crippen LogP contribution in [0.5, 0.6) is 5.75 Å². The van der Waals surface area contributed by atoms with Gasteiger partial charge in [-0.05, 0) is 55.5 Å². The first-order valence-corrected chi connectivity index (χ1v) is 7.32. The summed E-state index contributed by atoms with van der Waals surface area (Å²) in [4.78, 5) is 34.9. The van der Waals surface area contributed by atoms with E-state index in [-0.39, 0.29) is 12.2 Å². The van der Waals surface area contributed by atoms with E-state index in [9.17, 15) is 14.4 Å². The van der Waals surface area contributed by atoms with Gasteiger partial charge in [-0.1, -0.05) is 0 Å². The molecule has 6 heteroatoms. The molecule has 0 fully saturated rings. The number of Topliss-reactive ketones (excluding diaryl/α,β-unsaturated/α-hetero) is 1. The molecule has 2 aromatic rings. The zero-order chi connectivity index (χ0) is 17.5. The van der Waals surface area contributed by atoms with Crippen LogP contribution >= 0.6 is 0 Å². The van der Waals surface area contributed by atoms with E-state index in [4.69, 9.17) is 4.74 Å². The summed E-state index contributed by atoms with van der Waals surface area (Å²) in [6.07, 6.45) is -0.305. The van der Waals surface area contributed by atoms with Gasteiger partial charge in [0.1, 0.15) is 12.2 Å². The summed E-state index contributed by atoms with van der Waals surface area (Å²) < 4.78 is 5.03. The summed E-state index contributed by atoms with van der Waals surface area (Å²) in [7, 11) is 1.56. The van der Waals surface area contributed by atoms with Crippen molar-refractivity contribution in [1.29, 1.82) is 0 Å². The van der Waals surface area contributed by atoms with Gasteiger partial charge in [0.05, 0.1) is 7.11 Å². The number of anilines is 2. The van der Waals surface area contributed by atoms with Gasteiger partial charge in [0.2, 0.25) is 11.8 Å². The molecule has 2 amide bonds. The number of ether oxygens (including phenoxy) is 1. The van der Waals surface area contributed by atoms with Crippen molar-refractivity contribution in [2.24, 2.45) is 0 Å². The lowest BCUT2D eigenvalue weighted by molar-refractivity contribution is -0.123. The Morgan fingerprint density at radius 3 is 1.71 bits per heavy atom. The maximum atomic E-state index is 11.9. The smallest absolute Gasteiger partial charge is 0.233 e. The number of hydrogen-bond donors (Lipinski definition) is 2. The number of benzene rings is 2. The molecule has 0 aliphatic carbocycles. The molecule has 0 heterocycles. The van der Waals surface area contributed by atoms with Crippen LogP contribution in [0.15, 0.2) is 48.5 Å². The van der Waals surface area contributed by atoms with Crippen molar-refractivity contribution in [3.8, 4) is 5.75 Å².